The summed E-state index contributed by atoms with van der Waals surface area (Å²) in [5.74, 6) is -0.0118. The molecule has 0 amide bonds. The molecule has 0 fully saturated rings. The standard InChI is InChI=1S/C19H18F3N3O8/c1-10(32-24(27)28)11-6-7-23(15(26)8-11)16-13-9-12(19(20,21)22)4-5-14(13)31-18(2,3)17(16)33-25(29)30/h4-10,16-17H,1-3H3. The number of rotatable bonds is 6. The van der Waals surface area contributed by atoms with Crippen molar-refractivity contribution in [2.24, 2.45) is 0 Å². The summed E-state index contributed by atoms with van der Waals surface area (Å²) in [6.07, 6.45) is -6.19. The molecule has 0 N–H and O–H groups in total. The molecule has 14 heteroatoms. The number of benzene rings is 1. The monoisotopic (exact) mass is 473 g/mol. The Morgan fingerprint density at radius 2 is 1.82 bits per heavy atom. The molecule has 0 bridgehead atoms. The minimum Gasteiger partial charge on any atom is -0.485 e. The van der Waals surface area contributed by atoms with Crippen molar-refractivity contribution < 1.29 is 37.8 Å². The Balaban J connectivity index is 2.20. The summed E-state index contributed by atoms with van der Waals surface area (Å²) in [5.41, 5.74) is -3.30. The van der Waals surface area contributed by atoms with E-state index >= 15 is 0 Å². The van der Waals surface area contributed by atoms with E-state index in [1.54, 1.807) is 0 Å². The Morgan fingerprint density at radius 1 is 1.15 bits per heavy atom. The van der Waals surface area contributed by atoms with E-state index in [1.807, 2.05) is 0 Å². The van der Waals surface area contributed by atoms with E-state index in [-0.39, 0.29) is 16.9 Å². The minimum atomic E-state index is -4.73. The Labute approximate surface area is 183 Å². The second kappa shape index (κ2) is 8.26. The van der Waals surface area contributed by atoms with E-state index in [2.05, 4.69) is 4.84 Å². The Kier molecular flexibility index (Phi) is 5.96. The lowest BCUT2D eigenvalue weighted by Gasteiger charge is -2.43. The molecule has 2 heterocycles. The van der Waals surface area contributed by atoms with Crippen molar-refractivity contribution in [3.63, 3.8) is 0 Å². The molecule has 1 aromatic carbocycles. The van der Waals surface area contributed by atoms with Crippen molar-refractivity contribution in [2.75, 3.05) is 0 Å². The van der Waals surface area contributed by atoms with Crippen LogP contribution in [-0.4, -0.2) is 26.4 Å². The lowest BCUT2D eigenvalue weighted by molar-refractivity contribution is -0.773. The number of pyridine rings is 1. The highest BCUT2D eigenvalue weighted by atomic mass is 19.4. The molecule has 3 unspecified atom stereocenters. The average molecular weight is 473 g/mol. The Morgan fingerprint density at radius 3 is 2.36 bits per heavy atom. The van der Waals surface area contributed by atoms with E-state index in [9.17, 15) is 38.2 Å². The van der Waals surface area contributed by atoms with Crippen molar-refractivity contribution in [3.8, 4) is 5.75 Å². The third-order valence-electron chi connectivity index (χ3n) is 5.19. The summed E-state index contributed by atoms with van der Waals surface area (Å²) >= 11 is 0. The Hall–Kier alpha value is -3.84. The van der Waals surface area contributed by atoms with Gasteiger partial charge in [0.15, 0.2) is 6.10 Å². The number of aromatic nitrogens is 1. The number of hydrogen-bond acceptors (Lipinski definition) is 8. The van der Waals surface area contributed by atoms with E-state index in [0.717, 1.165) is 35.0 Å². The average Bonchev–Trinajstić information content (AvgIpc) is 2.66. The van der Waals surface area contributed by atoms with E-state index in [4.69, 9.17) is 9.57 Å². The largest absolute Gasteiger partial charge is 0.485 e. The predicted octanol–water partition coefficient (Wildman–Crippen LogP) is 3.47. The van der Waals surface area contributed by atoms with Gasteiger partial charge in [-0.25, -0.2) is 0 Å². The summed E-state index contributed by atoms with van der Waals surface area (Å²) < 4.78 is 46.7. The molecular weight excluding hydrogens is 455 g/mol. The highest BCUT2D eigenvalue weighted by Crippen LogP contribution is 2.45. The first-order valence-electron chi connectivity index (χ1n) is 9.45. The lowest BCUT2D eigenvalue weighted by atomic mass is 9.85. The van der Waals surface area contributed by atoms with Gasteiger partial charge in [0.05, 0.1) is 11.6 Å². The van der Waals surface area contributed by atoms with Gasteiger partial charge < -0.3 is 19.0 Å². The summed E-state index contributed by atoms with van der Waals surface area (Å²) in [6, 6.07) is 3.50. The first-order chi connectivity index (χ1) is 15.2. The smallest absolute Gasteiger partial charge is 0.416 e. The second-order valence-electron chi connectivity index (χ2n) is 7.83. The summed E-state index contributed by atoms with van der Waals surface area (Å²) in [5, 5.41) is 19.6. The number of halogens is 3. The number of nitrogens with zero attached hydrogens (tertiary/aromatic N) is 3. The Bertz CT molecular complexity index is 1150. The normalized spacial score (nSPS) is 20.2. The zero-order valence-corrected chi connectivity index (χ0v) is 17.4. The van der Waals surface area contributed by atoms with Crippen molar-refractivity contribution in [1.29, 1.82) is 0 Å². The molecule has 1 aromatic heterocycles. The van der Waals surface area contributed by atoms with Gasteiger partial charge in [-0.05, 0) is 50.6 Å². The van der Waals surface area contributed by atoms with Crippen LogP contribution in [0.5, 0.6) is 5.75 Å². The predicted molar refractivity (Wildman–Crippen MR) is 103 cm³/mol. The molecular formula is C19H18F3N3O8. The van der Waals surface area contributed by atoms with E-state index < -0.39 is 51.3 Å². The van der Waals surface area contributed by atoms with Crippen LogP contribution in [0.3, 0.4) is 0 Å². The van der Waals surface area contributed by atoms with Gasteiger partial charge in [-0.1, -0.05) is 0 Å². The quantitative estimate of drug-likeness (QED) is 0.460. The zero-order valence-electron chi connectivity index (χ0n) is 17.4. The van der Waals surface area contributed by atoms with Crippen LogP contribution < -0.4 is 10.3 Å². The third-order valence-corrected chi connectivity index (χ3v) is 5.19. The van der Waals surface area contributed by atoms with Gasteiger partial charge in [0.2, 0.25) is 0 Å². The van der Waals surface area contributed by atoms with Crippen LogP contribution >= 0.6 is 0 Å². The maximum Gasteiger partial charge on any atom is 0.416 e. The van der Waals surface area contributed by atoms with Gasteiger partial charge in [0.1, 0.15) is 17.5 Å². The number of fused-ring (bicyclic) bond motifs is 1. The molecule has 178 valence electrons. The van der Waals surface area contributed by atoms with Crippen molar-refractivity contribution in [3.05, 3.63) is 83.8 Å². The molecule has 33 heavy (non-hydrogen) atoms. The highest BCUT2D eigenvalue weighted by molar-refractivity contribution is 5.44. The van der Waals surface area contributed by atoms with E-state index in [0.29, 0.717) is 0 Å². The van der Waals surface area contributed by atoms with Gasteiger partial charge >= 0.3 is 6.18 Å². The highest BCUT2D eigenvalue weighted by Gasteiger charge is 2.48. The number of ether oxygens (including phenoxy) is 1. The molecule has 0 spiro atoms. The van der Waals surface area contributed by atoms with Crippen LogP contribution in [0.15, 0.2) is 41.3 Å². The van der Waals surface area contributed by atoms with Crippen LogP contribution in [-0.2, 0) is 15.9 Å². The molecule has 11 nitrogen and oxygen atoms in total. The van der Waals surface area contributed by atoms with Gasteiger partial charge in [-0.2, -0.15) is 13.2 Å². The van der Waals surface area contributed by atoms with Crippen molar-refractivity contribution >= 4 is 0 Å². The first kappa shape index (κ1) is 23.8. The number of hydrogen-bond donors (Lipinski definition) is 0. The third kappa shape index (κ3) is 4.83. The molecule has 0 radical (unpaired) electrons. The SMILES string of the molecule is CC(O[N+](=O)[O-])c1ccn(C2c3cc(C(F)(F)F)ccc3OC(C)(C)C2O[N+](=O)[O-])c(=O)c1. The van der Waals surface area contributed by atoms with Gasteiger partial charge in [0, 0.05) is 17.8 Å². The molecule has 0 saturated heterocycles. The van der Waals surface area contributed by atoms with Gasteiger partial charge in [0.25, 0.3) is 15.7 Å². The van der Waals surface area contributed by atoms with Crippen molar-refractivity contribution in [1.82, 2.24) is 4.57 Å². The maximum atomic E-state index is 13.4. The first-order valence-corrected chi connectivity index (χ1v) is 9.45. The van der Waals surface area contributed by atoms with Gasteiger partial charge in [-0.3, -0.25) is 4.79 Å². The lowest BCUT2D eigenvalue weighted by Crippen LogP contribution is -2.54. The summed E-state index contributed by atoms with van der Waals surface area (Å²) in [6.45, 7) is 4.19. The van der Waals surface area contributed by atoms with Crippen LogP contribution in [0.4, 0.5) is 13.2 Å². The molecule has 1 aliphatic heterocycles. The summed E-state index contributed by atoms with van der Waals surface area (Å²) in [7, 11) is 0. The maximum absolute atomic E-state index is 13.4. The zero-order chi connectivity index (χ0) is 24.7. The summed E-state index contributed by atoms with van der Waals surface area (Å²) in [4.78, 5) is 43.8. The second-order valence-corrected chi connectivity index (χ2v) is 7.83. The molecule has 0 saturated carbocycles. The fourth-order valence-corrected chi connectivity index (χ4v) is 3.68. The van der Waals surface area contributed by atoms with Crippen molar-refractivity contribution in [2.45, 2.75) is 50.8 Å². The fourth-order valence-electron chi connectivity index (χ4n) is 3.68. The van der Waals surface area contributed by atoms with Crippen LogP contribution in [0.2, 0.25) is 0 Å². The van der Waals surface area contributed by atoms with Gasteiger partial charge in [-0.15, -0.1) is 20.2 Å². The molecule has 3 rings (SSSR count). The fraction of sp³-hybridized carbons (Fsp3) is 0.421. The number of alkyl halides is 3. The van der Waals surface area contributed by atoms with Crippen LogP contribution in [0.1, 0.15) is 49.6 Å². The molecule has 0 aliphatic carbocycles. The van der Waals surface area contributed by atoms with Crippen LogP contribution in [0.25, 0.3) is 0 Å². The topological polar surface area (TPSA) is 136 Å². The van der Waals surface area contributed by atoms with Crippen LogP contribution in [0, 0.1) is 20.2 Å². The molecule has 1 aliphatic rings. The molecule has 3 atom stereocenters. The minimum absolute atomic E-state index is 0.0118. The van der Waals surface area contributed by atoms with E-state index in [1.165, 1.54) is 26.8 Å². The molecule has 2 aromatic rings.